The lowest BCUT2D eigenvalue weighted by Crippen LogP contribution is -2.13. The van der Waals surface area contributed by atoms with Crippen LogP contribution in [0.3, 0.4) is 0 Å². The maximum atomic E-state index is 5.52. The summed E-state index contributed by atoms with van der Waals surface area (Å²) in [5, 5.41) is 4.42. The normalized spacial score (nSPS) is 23.6. The Kier molecular flexibility index (Phi) is 3.38. The van der Waals surface area contributed by atoms with Crippen LogP contribution in [0.2, 0.25) is 0 Å². The van der Waals surface area contributed by atoms with E-state index in [2.05, 4.69) is 17.1 Å². The van der Waals surface area contributed by atoms with Crippen LogP contribution in [0, 0.1) is 0 Å². The molecule has 1 aliphatic rings. The molecule has 2 aromatic rings. The summed E-state index contributed by atoms with van der Waals surface area (Å²) in [6, 6.07) is 3.62. The molecule has 0 N–H and O–H groups in total. The van der Waals surface area contributed by atoms with Crippen molar-refractivity contribution in [1.82, 2.24) is 10.1 Å². The first-order chi connectivity index (χ1) is 8.83. The van der Waals surface area contributed by atoms with Gasteiger partial charge in [-0.1, -0.05) is 5.16 Å². The summed E-state index contributed by atoms with van der Waals surface area (Å²) in [5.41, 5.74) is 0. The van der Waals surface area contributed by atoms with Crippen molar-refractivity contribution in [2.45, 2.75) is 30.5 Å². The van der Waals surface area contributed by atoms with Crippen molar-refractivity contribution in [1.29, 1.82) is 0 Å². The minimum absolute atomic E-state index is 0.308. The molecule has 1 aliphatic heterocycles. The highest BCUT2D eigenvalue weighted by Gasteiger charge is 2.25. The van der Waals surface area contributed by atoms with Crippen molar-refractivity contribution in [2.24, 2.45) is 0 Å². The fourth-order valence-corrected chi connectivity index (χ4v) is 3.02. The van der Waals surface area contributed by atoms with Gasteiger partial charge in [0.15, 0.2) is 5.76 Å². The first-order valence-electron chi connectivity index (χ1n) is 5.92. The number of aromatic nitrogens is 2. The third kappa shape index (κ3) is 2.44. The summed E-state index contributed by atoms with van der Waals surface area (Å²) in [5.74, 6) is 2.48. The zero-order valence-corrected chi connectivity index (χ0v) is 10.9. The highest BCUT2D eigenvalue weighted by Crippen LogP contribution is 2.29. The van der Waals surface area contributed by atoms with Gasteiger partial charge in [-0.05, 0) is 25.5 Å². The van der Waals surface area contributed by atoms with Gasteiger partial charge in [0, 0.05) is 11.9 Å². The van der Waals surface area contributed by atoms with E-state index in [1.54, 1.807) is 24.1 Å². The highest BCUT2D eigenvalue weighted by atomic mass is 32.2. The maximum Gasteiger partial charge on any atom is 0.238 e. The van der Waals surface area contributed by atoms with E-state index < -0.39 is 0 Å². The quantitative estimate of drug-likeness (QED) is 0.848. The summed E-state index contributed by atoms with van der Waals surface area (Å²) in [6.45, 7) is 2.95. The SMILES string of the molecule is C[C@@H]1OCC[C@@H]1SCc1nc(-c2ccco2)no1. The molecule has 1 fully saturated rings. The van der Waals surface area contributed by atoms with Crippen molar-refractivity contribution in [3.8, 4) is 11.6 Å². The van der Waals surface area contributed by atoms with Gasteiger partial charge in [-0.3, -0.25) is 0 Å². The summed E-state index contributed by atoms with van der Waals surface area (Å²) in [6.07, 6.45) is 2.99. The van der Waals surface area contributed by atoms with Crippen LogP contribution in [0.5, 0.6) is 0 Å². The molecule has 0 unspecified atom stereocenters. The Balaban J connectivity index is 1.60. The van der Waals surface area contributed by atoms with E-state index in [0.717, 1.165) is 13.0 Å². The second-order valence-corrected chi connectivity index (χ2v) is 5.43. The van der Waals surface area contributed by atoms with Gasteiger partial charge < -0.3 is 13.7 Å². The zero-order valence-electron chi connectivity index (χ0n) is 10.0. The van der Waals surface area contributed by atoms with Crippen LogP contribution < -0.4 is 0 Å². The van der Waals surface area contributed by atoms with Crippen LogP contribution in [-0.2, 0) is 10.5 Å². The van der Waals surface area contributed by atoms with Crippen LogP contribution in [0.4, 0.5) is 0 Å². The van der Waals surface area contributed by atoms with Crippen LogP contribution >= 0.6 is 11.8 Å². The second-order valence-electron chi connectivity index (χ2n) is 4.20. The molecule has 2 atom stereocenters. The first kappa shape index (κ1) is 11.8. The van der Waals surface area contributed by atoms with Gasteiger partial charge in [0.1, 0.15) is 0 Å². The third-order valence-corrected chi connectivity index (χ3v) is 4.40. The standard InChI is InChI=1S/C12H14N2O3S/c1-8-10(4-6-15-8)18-7-11-13-12(14-17-11)9-3-2-5-16-9/h2-3,5,8,10H,4,6-7H2,1H3/t8-,10-/m0/s1. The number of thioether (sulfide) groups is 1. The zero-order chi connectivity index (χ0) is 12.4. The summed E-state index contributed by atoms with van der Waals surface area (Å²) in [7, 11) is 0. The van der Waals surface area contributed by atoms with Gasteiger partial charge in [0.05, 0.1) is 18.1 Å². The first-order valence-corrected chi connectivity index (χ1v) is 6.97. The Hall–Kier alpha value is -1.27. The third-order valence-electron chi connectivity index (χ3n) is 2.94. The minimum atomic E-state index is 0.308. The van der Waals surface area contributed by atoms with Crippen molar-refractivity contribution in [2.75, 3.05) is 6.61 Å². The molecule has 6 heteroatoms. The van der Waals surface area contributed by atoms with E-state index in [0.29, 0.717) is 34.6 Å². The van der Waals surface area contributed by atoms with Crippen molar-refractivity contribution < 1.29 is 13.7 Å². The number of nitrogens with zero attached hydrogens (tertiary/aromatic N) is 2. The van der Waals surface area contributed by atoms with E-state index in [1.165, 1.54) is 0 Å². The van der Waals surface area contributed by atoms with Crippen LogP contribution in [-0.4, -0.2) is 28.1 Å². The molecule has 3 rings (SSSR count). The molecular weight excluding hydrogens is 252 g/mol. The lowest BCUT2D eigenvalue weighted by atomic mass is 10.3. The Morgan fingerprint density at radius 1 is 1.50 bits per heavy atom. The molecule has 0 bridgehead atoms. The molecule has 3 heterocycles. The number of rotatable bonds is 4. The van der Waals surface area contributed by atoms with Gasteiger partial charge in [-0.2, -0.15) is 4.98 Å². The predicted octanol–water partition coefficient (Wildman–Crippen LogP) is 2.74. The van der Waals surface area contributed by atoms with Crippen molar-refractivity contribution in [3.05, 3.63) is 24.3 Å². The van der Waals surface area contributed by atoms with E-state index >= 15 is 0 Å². The Bertz CT molecular complexity index is 497. The second kappa shape index (κ2) is 5.16. The number of hydrogen-bond donors (Lipinski definition) is 0. The predicted molar refractivity (Wildman–Crippen MR) is 67.1 cm³/mol. The van der Waals surface area contributed by atoms with Gasteiger partial charge in [0.2, 0.25) is 11.7 Å². The molecule has 1 saturated heterocycles. The summed E-state index contributed by atoms with van der Waals surface area (Å²) in [4.78, 5) is 4.31. The molecule has 96 valence electrons. The fraction of sp³-hybridized carbons (Fsp3) is 0.500. The Labute approximate surface area is 109 Å². The molecule has 0 spiro atoms. The molecule has 0 radical (unpaired) electrons. The Morgan fingerprint density at radius 3 is 3.17 bits per heavy atom. The Morgan fingerprint density at radius 2 is 2.44 bits per heavy atom. The van der Waals surface area contributed by atoms with Crippen LogP contribution in [0.25, 0.3) is 11.6 Å². The minimum Gasteiger partial charge on any atom is -0.461 e. The van der Waals surface area contributed by atoms with Gasteiger partial charge in [-0.25, -0.2) is 0 Å². The molecule has 5 nitrogen and oxygen atoms in total. The molecule has 0 aliphatic carbocycles. The summed E-state index contributed by atoms with van der Waals surface area (Å²) < 4.78 is 15.9. The largest absolute Gasteiger partial charge is 0.461 e. The molecule has 18 heavy (non-hydrogen) atoms. The number of ether oxygens (including phenoxy) is 1. The lowest BCUT2D eigenvalue weighted by Gasteiger charge is -2.11. The average molecular weight is 266 g/mol. The maximum absolute atomic E-state index is 5.52. The topological polar surface area (TPSA) is 61.3 Å². The van der Waals surface area contributed by atoms with Gasteiger partial charge in [-0.15, -0.1) is 11.8 Å². The van der Waals surface area contributed by atoms with E-state index in [9.17, 15) is 0 Å². The number of hydrogen-bond acceptors (Lipinski definition) is 6. The molecule has 0 saturated carbocycles. The fourth-order valence-electron chi connectivity index (χ4n) is 1.93. The molecule has 0 aromatic carbocycles. The van der Waals surface area contributed by atoms with E-state index in [-0.39, 0.29) is 0 Å². The number of furan rings is 1. The lowest BCUT2D eigenvalue weighted by molar-refractivity contribution is 0.127. The monoisotopic (exact) mass is 266 g/mol. The van der Waals surface area contributed by atoms with E-state index in [4.69, 9.17) is 13.7 Å². The van der Waals surface area contributed by atoms with Crippen molar-refractivity contribution >= 4 is 11.8 Å². The van der Waals surface area contributed by atoms with Gasteiger partial charge >= 0.3 is 0 Å². The molecular formula is C12H14N2O3S. The van der Waals surface area contributed by atoms with Gasteiger partial charge in [0.25, 0.3) is 0 Å². The van der Waals surface area contributed by atoms with Crippen LogP contribution in [0.15, 0.2) is 27.3 Å². The molecule has 0 amide bonds. The summed E-state index contributed by atoms with van der Waals surface area (Å²) >= 11 is 1.80. The molecule has 2 aromatic heterocycles. The van der Waals surface area contributed by atoms with Crippen molar-refractivity contribution in [3.63, 3.8) is 0 Å². The highest BCUT2D eigenvalue weighted by molar-refractivity contribution is 7.99. The average Bonchev–Trinajstić information content (AvgIpc) is 3.08. The van der Waals surface area contributed by atoms with Crippen LogP contribution in [0.1, 0.15) is 19.2 Å². The van der Waals surface area contributed by atoms with E-state index in [1.807, 2.05) is 6.07 Å². The smallest absolute Gasteiger partial charge is 0.238 e.